The molecule has 1 aliphatic heterocycles. The third-order valence-corrected chi connectivity index (χ3v) is 7.22. The summed E-state index contributed by atoms with van der Waals surface area (Å²) in [6.45, 7) is 6.26. The molecule has 0 radical (unpaired) electrons. The second-order valence-electron chi connectivity index (χ2n) is 8.52. The van der Waals surface area contributed by atoms with Crippen molar-refractivity contribution >= 4 is 34.3 Å². The molecule has 3 heterocycles. The van der Waals surface area contributed by atoms with Gasteiger partial charge in [0.2, 0.25) is 0 Å². The van der Waals surface area contributed by atoms with E-state index in [1.165, 1.54) is 11.3 Å². The molecule has 0 aliphatic carbocycles. The number of carbonyl (C=O) groups is 1. The Morgan fingerprint density at radius 3 is 2.58 bits per heavy atom. The molecule has 8 heteroatoms. The monoisotopic (exact) mass is 501 g/mol. The minimum atomic E-state index is -0.648. The van der Waals surface area contributed by atoms with Gasteiger partial charge in [-0.25, -0.2) is 9.79 Å². The zero-order valence-electron chi connectivity index (χ0n) is 20.6. The van der Waals surface area contributed by atoms with Crippen molar-refractivity contribution < 1.29 is 14.3 Å². The molecule has 0 saturated carbocycles. The minimum Gasteiger partial charge on any atom is -0.494 e. The Bertz CT molecular complexity index is 1670. The Hall–Kier alpha value is -3.91. The van der Waals surface area contributed by atoms with Crippen molar-refractivity contribution in [3.63, 3.8) is 0 Å². The molecule has 0 bridgehead atoms. The molecule has 0 spiro atoms. The van der Waals surface area contributed by atoms with Crippen LogP contribution in [0, 0.1) is 0 Å². The van der Waals surface area contributed by atoms with Gasteiger partial charge >= 0.3 is 5.97 Å². The van der Waals surface area contributed by atoms with Gasteiger partial charge in [-0.15, -0.1) is 0 Å². The van der Waals surface area contributed by atoms with E-state index < -0.39 is 12.0 Å². The molecule has 2 aromatic carbocycles. The summed E-state index contributed by atoms with van der Waals surface area (Å²) in [5, 5.41) is 1.07. The number of nitrogens with zero attached hydrogens (tertiary/aromatic N) is 3. The van der Waals surface area contributed by atoms with Crippen LogP contribution in [0.1, 0.15) is 37.9 Å². The number of allylic oxidation sites excluding steroid dienone is 1. The van der Waals surface area contributed by atoms with Crippen molar-refractivity contribution in [1.82, 2.24) is 9.13 Å². The smallest absolute Gasteiger partial charge is 0.338 e. The van der Waals surface area contributed by atoms with Gasteiger partial charge in [-0.3, -0.25) is 9.36 Å². The first-order valence-corrected chi connectivity index (χ1v) is 12.7. The number of aromatic nitrogens is 2. The molecule has 0 unspecified atom stereocenters. The highest BCUT2D eigenvalue weighted by Gasteiger charge is 2.33. The van der Waals surface area contributed by atoms with E-state index in [1.54, 1.807) is 18.4 Å². The molecule has 0 amide bonds. The Morgan fingerprint density at radius 2 is 1.86 bits per heavy atom. The maximum atomic E-state index is 13.8. The fourth-order valence-corrected chi connectivity index (χ4v) is 5.69. The molecule has 1 aliphatic rings. The largest absolute Gasteiger partial charge is 0.494 e. The van der Waals surface area contributed by atoms with E-state index in [-0.39, 0.29) is 12.2 Å². The van der Waals surface area contributed by atoms with Crippen LogP contribution < -0.4 is 19.6 Å². The van der Waals surface area contributed by atoms with Gasteiger partial charge in [0.25, 0.3) is 5.56 Å². The van der Waals surface area contributed by atoms with Crippen LogP contribution in [0.2, 0.25) is 0 Å². The lowest BCUT2D eigenvalue weighted by atomic mass is 9.96. The number of fused-ring (bicyclic) bond motifs is 2. The molecule has 4 aromatic rings. The van der Waals surface area contributed by atoms with Crippen molar-refractivity contribution in [1.29, 1.82) is 0 Å². The van der Waals surface area contributed by atoms with E-state index in [1.807, 2.05) is 73.3 Å². The van der Waals surface area contributed by atoms with Gasteiger partial charge in [0.05, 0.1) is 35.1 Å². The average molecular weight is 502 g/mol. The molecule has 184 valence electrons. The summed E-state index contributed by atoms with van der Waals surface area (Å²) in [6.07, 6.45) is 3.92. The number of ether oxygens (including phenoxy) is 2. The number of benzene rings is 2. The van der Waals surface area contributed by atoms with Crippen molar-refractivity contribution in [2.45, 2.75) is 26.8 Å². The normalized spacial score (nSPS) is 15.7. The summed E-state index contributed by atoms with van der Waals surface area (Å²) in [7, 11) is 1.99. The molecule has 0 N–H and O–H groups in total. The zero-order valence-corrected chi connectivity index (χ0v) is 21.5. The number of hydrogen-bond acceptors (Lipinski definition) is 6. The minimum absolute atomic E-state index is 0.195. The van der Waals surface area contributed by atoms with Crippen LogP contribution in [0.15, 0.2) is 75.8 Å². The molecular weight excluding hydrogens is 474 g/mol. The standard InChI is InChI=1S/C28H27N3O4S/c1-5-34-20-13-11-18(12-14-20)25-24(27(33)35-6-2)17(3)29-28-31(25)26(32)23(36-28)15-19-16-30(4)22-10-8-7-9-21(19)22/h7-16,25H,5-6H2,1-4H3/b23-15-/t25-/m0/s1. The van der Waals surface area contributed by atoms with E-state index in [2.05, 4.69) is 11.1 Å². The lowest BCUT2D eigenvalue weighted by Crippen LogP contribution is -2.39. The Labute approximate surface area is 212 Å². The Kier molecular flexibility index (Phi) is 6.36. The molecule has 0 saturated heterocycles. The topological polar surface area (TPSA) is 74.8 Å². The zero-order chi connectivity index (χ0) is 25.4. The lowest BCUT2D eigenvalue weighted by molar-refractivity contribution is -0.139. The summed E-state index contributed by atoms with van der Waals surface area (Å²) in [5.41, 5.74) is 3.55. The summed E-state index contributed by atoms with van der Waals surface area (Å²) < 4.78 is 15.2. The molecule has 1 atom stereocenters. The van der Waals surface area contributed by atoms with Crippen molar-refractivity contribution in [2.75, 3.05) is 13.2 Å². The lowest BCUT2D eigenvalue weighted by Gasteiger charge is -2.24. The molecule has 0 fully saturated rings. The van der Waals surface area contributed by atoms with Crippen LogP contribution in [0.4, 0.5) is 0 Å². The number of esters is 1. The van der Waals surface area contributed by atoms with Crippen LogP contribution in [-0.4, -0.2) is 28.3 Å². The third kappa shape index (κ3) is 4.07. The van der Waals surface area contributed by atoms with Gasteiger partial charge in [0.15, 0.2) is 4.80 Å². The van der Waals surface area contributed by atoms with E-state index >= 15 is 0 Å². The van der Waals surface area contributed by atoms with Crippen LogP contribution in [0.5, 0.6) is 5.75 Å². The Morgan fingerprint density at radius 1 is 1.11 bits per heavy atom. The third-order valence-electron chi connectivity index (χ3n) is 6.24. The van der Waals surface area contributed by atoms with Crippen LogP contribution in [-0.2, 0) is 16.6 Å². The molecule has 36 heavy (non-hydrogen) atoms. The average Bonchev–Trinajstić information content (AvgIpc) is 3.35. The molecule has 5 rings (SSSR count). The SMILES string of the molecule is CCOC(=O)C1=C(C)N=c2s/c(=C\c3cn(C)c4ccccc34)c(=O)n2[C@H]1c1ccc(OCC)cc1. The fourth-order valence-electron chi connectivity index (χ4n) is 4.65. The quantitative estimate of drug-likeness (QED) is 0.378. The highest BCUT2D eigenvalue weighted by atomic mass is 32.1. The van der Waals surface area contributed by atoms with E-state index in [0.29, 0.717) is 27.2 Å². The number of para-hydroxylation sites is 1. The first-order chi connectivity index (χ1) is 17.4. The second-order valence-corrected chi connectivity index (χ2v) is 9.53. The first-order valence-electron chi connectivity index (χ1n) is 11.9. The molecular formula is C28H27N3O4S. The fraction of sp³-hybridized carbons (Fsp3) is 0.250. The van der Waals surface area contributed by atoms with Gasteiger partial charge < -0.3 is 14.0 Å². The van der Waals surface area contributed by atoms with E-state index in [0.717, 1.165) is 27.8 Å². The van der Waals surface area contributed by atoms with Gasteiger partial charge in [0, 0.05) is 29.7 Å². The first kappa shape index (κ1) is 23.8. The summed E-state index contributed by atoms with van der Waals surface area (Å²) in [4.78, 5) is 32.1. The predicted molar refractivity (Wildman–Crippen MR) is 141 cm³/mol. The van der Waals surface area contributed by atoms with Crippen molar-refractivity contribution in [2.24, 2.45) is 12.0 Å². The van der Waals surface area contributed by atoms with Crippen LogP contribution >= 0.6 is 11.3 Å². The summed E-state index contributed by atoms with van der Waals surface area (Å²) in [5.74, 6) is 0.254. The second kappa shape index (κ2) is 9.62. The van der Waals surface area contributed by atoms with Crippen molar-refractivity contribution in [3.05, 3.63) is 96.8 Å². The van der Waals surface area contributed by atoms with Crippen LogP contribution in [0.3, 0.4) is 0 Å². The van der Waals surface area contributed by atoms with Gasteiger partial charge in [-0.2, -0.15) is 0 Å². The number of aryl methyl sites for hydroxylation is 1. The number of carbonyl (C=O) groups excluding carboxylic acids is 1. The van der Waals surface area contributed by atoms with E-state index in [4.69, 9.17) is 9.47 Å². The summed E-state index contributed by atoms with van der Waals surface area (Å²) in [6, 6.07) is 14.9. The number of hydrogen-bond donors (Lipinski definition) is 0. The van der Waals surface area contributed by atoms with E-state index in [9.17, 15) is 9.59 Å². The summed E-state index contributed by atoms with van der Waals surface area (Å²) >= 11 is 1.32. The van der Waals surface area contributed by atoms with Crippen LogP contribution in [0.25, 0.3) is 17.0 Å². The highest BCUT2D eigenvalue weighted by Crippen LogP contribution is 2.31. The van der Waals surface area contributed by atoms with Crippen molar-refractivity contribution in [3.8, 4) is 5.75 Å². The highest BCUT2D eigenvalue weighted by molar-refractivity contribution is 7.07. The molecule has 2 aromatic heterocycles. The maximum Gasteiger partial charge on any atom is 0.338 e. The van der Waals surface area contributed by atoms with Gasteiger partial charge in [0.1, 0.15) is 5.75 Å². The van der Waals surface area contributed by atoms with Gasteiger partial charge in [-0.1, -0.05) is 41.7 Å². The number of rotatable bonds is 6. The predicted octanol–water partition coefficient (Wildman–Crippen LogP) is 3.69. The number of thiazole rings is 1. The molecule has 7 nitrogen and oxygen atoms in total. The maximum absolute atomic E-state index is 13.8. The Balaban J connectivity index is 1.71. The van der Waals surface area contributed by atoms with Gasteiger partial charge in [-0.05, 0) is 50.6 Å².